The van der Waals surface area contributed by atoms with Crippen molar-refractivity contribution in [1.29, 1.82) is 0 Å². The molecule has 0 aromatic heterocycles. The average Bonchev–Trinajstić information content (AvgIpc) is 2.37. The van der Waals surface area contributed by atoms with Crippen LogP contribution in [0.2, 0.25) is 0 Å². The average molecular weight is 269 g/mol. The molecule has 0 atom stereocenters. The van der Waals surface area contributed by atoms with Crippen LogP contribution in [0.15, 0.2) is 5.16 Å². The lowest BCUT2D eigenvalue weighted by atomic mass is 9.69. The van der Waals surface area contributed by atoms with E-state index in [1.54, 1.807) is 0 Å². The van der Waals surface area contributed by atoms with Gasteiger partial charge in [0.25, 0.3) is 0 Å². The van der Waals surface area contributed by atoms with Gasteiger partial charge in [0.2, 0.25) is 5.91 Å². The Hall–Kier alpha value is -1.26. The van der Waals surface area contributed by atoms with E-state index in [-0.39, 0.29) is 17.7 Å². The summed E-state index contributed by atoms with van der Waals surface area (Å²) in [5, 5.41) is 14.1. The van der Waals surface area contributed by atoms with Crippen LogP contribution in [0, 0.1) is 17.3 Å². The van der Waals surface area contributed by atoms with Crippen LogP contribution in [0.25, 0.3) is 0 Å². The third kappa shape index (κ3) is 5.09. The van der Waals surface area contributed by atoms with E-state index < -0.39 is 0 Å². The van der Waals surface area contributed by atoms with Crippen molar-refractivity contribution in [2.45, 2.75) is 52.9 Å². The van der Waals surface area contributed by atoms with E-state index in [1.165, 1.54) is 0 Å². The quantitative estimate of drug-likeness (QED) is 0.316. The van der Waals surface area contributed by atoms with Gasteiger partial charge in [-0.1, -0.05) is 25.9 Å². The lowest BCUT2D eigenvalue weighted by Crippen LogP contribution is -2.36. The van der Waals surface area contributed by atoms with E-state index in [2.05, 4.69) is 31.2 Å². The van der Waals surface area contributed by atoms with Gasteiger partial charge in [-0.3, -0.25) is 4.79 Å². The summed E-state index contributed by atoms with van der Waals surface area (Å²) >= 11 is 0. The molecule has 0 radical (unpaired) electrons. The van der Waals surface area contributed by atoms with Crippen LogP contribution in [0.3, 0.4) is 0 Å². The monoisotopic (exact) mass is 269 g/mol. The van der Waals surface area contributed by atoms with E-state index in [4.69, 9.17) is 10.9 Å². The molecule has 5 nitrogen and oxygen atoms in total. The van der Waals surface area contributed by atoms with Gasteiger partial charge < -0.3 is 16.3 Å². The summed E-state index contributed by atoms with van der Waals surface area (Å²) < 4.78 is 0. The van der Waals surface area contributed by atoms with Gasteiger partial charge in [-0.05, 0) is 37.0 Å². The number of rotatable bonds is 4. The SMILES string of the molecule is CC(C)(C)C1CCC(C(=O)NCCC(N)=NO)CC1. The second kappa shape index (κ2) is 6.78. The number of nitrogens with two attached hydrogens (primary N) is 1. The second-order valence-electron chi connectivity index (χ2n) is 6.55. The van der Waals surface area contributed by atoms with Crippen LogP contribution in [0.4, 0.5) is 0 Å². The lowest BCUT2D eigenvalue weighted by Gasteiger charge is -2.36. The van der Waals surface area contributed by atoms with Gasteiger partial charge in [-0.2, -0.15) is 0 Å². The molecule has 0 heterocycles. The second-order valence-corrected chi connectivity index (χ2v) is 6.55. The minimum Gasteiger partial charge on any atom is -0.409 e. The van der Waals surface area contributed by atoms with E-state index in [1.807, 2.05) is 0 Å². The van der Waals surface area contributed by atoms with Gasteiger partial charge in [-0.15, -0.1) is 0 Å². The summed E-state index contributed by atoms with van der Waals surface area (Å²) in [5.41, 5.74) is 5.69. The molecule has 0 aromatic rings. The molecule has 0 bridgehead atoms. The van der Waals surface area contributed by atoms with Gasteiger partial charge in [0, 0.05) is 18.9 Å². The normalized spacial score (nSPS) is 25.1. The summed E-state index contributed by atoms with van der Waals surface area (Å²) in [7, 11) is 0. The highest BCUT2D eigenvalue weighted by molar-refractivity contribution is 5.82. The Morgan fingerprint density at radius 2 is 1.89 bits per heavy atom. The Kier molecular flexibility index (Phi) is 5.63. The maximum atomic E-state index is 12.0. The topological polar surface area (TPSA) is 87.7 Å². The Morgan fingerprint density at radius 1 is 1.32 bits per heavy atom. The molecule has 0 aliphatic heterocycles. The molecule has 1 rings (SSSR count). The first-order valence-electron chi connectivity index (χ1n) is 7.08. The molecule has 0 aromatic carbocycles. The molecule has 19 heavy (non-hydrogen) atoms. The minimum absolute atomic E-state index is 0.109. The van der Waals surface area contributed by atoms with Crippen molar-refractivity contribution in [3.8, 4) is 0 Å². The fourth-order valence-electron chi connectivity index (χ4n) is 2.73. The maximum absolute atomic E-state index is 12.0. The summed E-state index contributed by atoms with van der Waals surface area (Å²) in [6.45, 7) is 7.26. The van der Waals surface area contributed by atoms with Crippen molar-refractivity contribution in [1.82, 2.24) is 5.32 Å². The fourth-order valence-corrected chi connectivity index (χ4v) is 2.73. The smallest absolute Gasteiger partial charge is 0.223 e. The molecule has 0 saturated heterocycles. The van der Waals surface area contributed by atoms with Crippen LogP contribution in [-0.4, -0.2) is 23.5 Å². The Bertz CT molecular complexity index is 326. The van der Waals surface area contributed by atoms with Crippen molar-refractivity contribution in [2.75, 3.05) is 6.54 Å². The fraction of sp³-hybridized carbons (Fsp3) is 0.857. The number of nitrogens with zero attached hydrogens (tertiary/aromatic N) is 1. The van der Waals surface area contributed by atoms with E-state index >= 15 is 0 Å². The van der Waals surface area contributed by atoms with Gasteiger partial charge in [-0.25, -0.2) is 0 Å². The summed E-state index contributed by atoms with van der Waals surface area (Å²) in [6, 6.07) is 0. The highest BCUT2D eigenvalue weighted by atomic mass is 16.4. The number of hydrogen-bond acceptors (Lipinski definition) is 3. The predicted molar refractivity (Wildman–Crippen MR) is 75.9 cm³/mol. The molecule has 1 aliphatic rings. The number of oxime groups is 1. The molecular formula is C14H27N3O2. The predicted octanol–water partition coefficient (Wildman–Crippen LogP) is 2.09. The summed E-state index contributed by atoms with van der Waals surface area (Å²) in [5.74, 6) is 1.11. The van der Waals surface area contributed by atoms with Gasteiger partial charge in [0.15, 0.2) is 0 Å². The van der Waals surface area contributed by atoms with Crippen molar-refractivity contribution in [2.24, 2.45) is 28.1 Å². The summed E-state index contributed by atoms with van der Waals surface area (Å²) in [4.78, 5) is 12.0. The largest absolute Gasteiger partial charge is 0.409 e. The number of nitrogens with one attached hydrogen (secondary N) is 1. The molecular weight excluding hydrogens is 242 g/mol. The highest BCUT2D eigenvalue weighted by Crippen LogP contribution is 2.39. The number of hydrogen-bond donors (Lipinski definition) is 3. The molecule has 0 spiro atoms. The van der Waals surface area contributed by atoms with Crippen molar-refractivity contribution >= 4 is 11.7 Å². The van der Waals surface area contributed by atoms with Crippen LogP contribution >= 0.6 is 0 Å². The third-order valence-corrected chi connectivity index (χ3v) is 4.13. The molecule has 0 unspecified atom stereocenters. The van der Waals surface area contributed by atoms with Crippen LogP contribution in [-0.2, 0) is 4.79 Å². The molecule has 4 N–H and O–H groups in total. The number of carbonyl (C=O) groups excluding carboxylic acids is 1. The molecule has 1 aliphatic carbocycles. The standard InChI is InChI=1S/C14H27N3O2/c1-14(2,3)11-6-4-10(5-7-11)13(18)16-9-8-12(15)17-19/h10-11,19H,4-9H2,1-3H3,(H2,15,17)(H,16,18). The van der Waals surface area contributed by atoms with Gasteiger partial charge in [0.1, 0.15) is 5.84 Å². The molecule has 1 amide bonds. The maximum Gasteiger partial charge on any atom is 0.223 e. The van der Waals surface area contributed by atoms with Crippen molar-refractivity contribution in [3.63, 3.8) is 0 Å². The zero-order valence-corrected chi connectivity index (χ0v) is 12.3. The zero-order chi connectivity index (χ0) is 14.5. The van der Waals surface area contributed by atoms with E-state index in [0.717, 1.165) is 25.7 Å². The van der Waals surface area contributed by atoms with Crippen LogP contribution < -0.4 is 11.1 Å². The van der Waals surface area contributed by atoms with Crippen LogP contribution in [0.5, 0.6) is 0 Å². The molecule has 1 fully saturated rings. The van der Waals surface area contributed by atoms with Gasteiger partial charge >= 0.3 is 0 Å². The number of amidine groups is 1. The van der Waals surface area contributed by atoms with E-state index in [9.17, 15) is 4.79 Å². The summed E-state index contributed by atoms with van der Waals surface area (Å²) in [6.07, 6.45) is 4.58. The number of amides is 1. The minimum atomic E-state index is 0.109. The Balaban J connectivity index is 2.29. The first-order valence-corrected chi connectivity index (χ1v) is 7.08. The van der Waals surface area contributed by atoms with Crippen molar-refractivity contribution in [3.05, 3.63) is 0 Å². The Morgan fingerprint density at radius 3 is 2.37 bits per heavy atom. The van der Waals surface area contributed by atoms with Crippen molar-refractivity contribution < 1.29 is 10.0 Å². The third-order valence-electron chi connectivity index (χ3n) is 4.13. The van der Waals surface area contributed by atoms with Crippen LogP contribution in [0.1, 0.15) is 52.9 Å². The highest BCUT2D eigenvalue weighted by Gasteiger charge is 2.32. The first-order chi connectivity index (χ1) is 8.84. The van der Waals surface area contributed by atoms with E-state index in [0.29, 0.717) is 24.3 Å². The molecule has 5 heteroatoms. The molecule has 110 valence electrons. The first kappa shape index (κ1) is 15.8. The molecule has 1 saturated carbocycles. The zero-order valence-electron chi connectivity index (χ0n) is 12.3. The lowest BCUT2D eigenvalue weighted by molar-refractivity contribution is -0.126. The Labute approximate surface area is 115 Å². The number of carbonyl (C=O) groups is 1. The van der Waals surface area contributed by atoms with Gasteiger partial charge in [0.05, 0.1) is 0 Å².